The van der Waals surface area contributed by atoms with Gasteiger partial charge in [0.2, 0.25) is 5.91 Å². The van der Waals surface area contributed by atoms with E-state index in [-0.39, 0.29) is 24.3 Å². The van der Waals surface area contributed by atoms with Crippen molar-refractivity contribution >= 4 is 5.91 Å². The van der Waals surface area contributed by atoms with E-state index in [1.807, 2.05) is 0 Å². The van der Waals surface area contributed by atoms with Crippen LogP contribution < -0.4 is 15.4 Å². The Labute approximate surface area is 139 Å². The van der Waals surface area contributed by atoms with Crippen molar-refractivity contribution in [1.82, 2.24) is 10.6 Å². The van der Waals surface area contributed by atoms with Crippen molar-refractivity contribution < 1.29 is 22.7 Å². The summed E-state index contributed by atoms with van der Waals surface area (Å²) in [5.41, 5.74) is -0.808. The summed E-state index contributed by atoms with van der Waals surface area (Å²) in [6, 6.07) is 4.71. The maximum atomic E-state index is 12.9. The fourth-order valence-corrected chi connectivity index (χ4v) is 2.73. The van der Waals surface area contributed by atoms with Crippen LogP contribution in [0.5, 0.6) is 5.75 Å². The molecule has 2 atom stereocenters. The Morgan fingerprint density at radius 1 is 1.42 bits per heavy atom. The average Bonchev–Trinajstić information content (AvgIpc) is 3.04. The molecule has 134 valence electrons. The third-order valence-corrected chi connectivity index (χ3v) is 4.03. The molecule has 0 radical (unpaired) electrons. The third-order valence-electron chi connectivity index (χ3n) is 4.03. The van der Waals surface area contributed by atoms with E-state index in [1.54, 1.807) is 6.92 Å². The zero-order chi connectivity index (χ0) is 17.6. The molecule has 1 aliphatic heterocycles. The fraction of sp³-hybridized carbons (Fsp3) is 0.588. The smallest absolute Gasteiger partial charge is 0.419 e. The number of amides is 1. The minimum atomic E-state index is -4.46. The van der Waals surface area contributed by atoms with Crippen molar-refractivity contribution in [3.05, 3.63) is 29.8 Å². The number of para-hydroxylation sites is 1. The molecular formula is C17H23F3N2O2. The van der Waals surface area contributed by atoms with Gasteiger partial charge in [-0.3, -0.25) is 4.79 Å². The average molecular weight is 344 g/mol. The molecule has 4 nitrogen and oxygen atoms in total. The normalized spacial score (nSPS) is 19.1. The predicted molar refractivity (Wildman–Crippen MR) is 84.8 cm³/mol. The standard InChI is InChI=1S/C17H23F3N2O2/c1-12(22-16(23)7-6-13-8-9-21-10-13)11-24-15-5-3-2-4-14(15)17(18,19)20/h2-5,12-13,21H,6-11H2,1H3,(H,22,23). The molecule has 0 spiro atoms. The van der Waals surface area contributed by atoms with Gasteiger partial charge in [-0.2, -0.15) is 13.2 Å². The van der Waals surface area contributed by atoms with Crippen LogP contribution in [0.1, 0.15) is 31.7 Å². The minimum Gasteiger partial charge on any atom is -0.491 e. The highest BCUT2D eigenvalue weighted by molar-refractivity contribution is 5.76. The minimum absolute atomic E-state index is 0.0101. The van der Waals surface area contributed by atoms with Gasteiger partial charge >= 0.3 is 6.18 Å². The Morgan fingerprint density at radius 3 is 2.83 bits per heavy atom. The molecule has 0 saturated carbocycles. The van der Waals surface area contributed by atoms with Gasteiger partial charge in [0.05, 0.1) is 11.6 Å². The lowest BCUT2D eigenvalue weighted by molar-refractivity contribution is -0.139. The van der Waals surface area contributed by atoms with E-state index in [9.17, 15) is 18.0 Å². The van der Waals surface area contributed by atoms with Gasteiger partial charge in [0.15, 0.2) is 0 Å². The number of nitrogens with one attached hydrogen (secondary N) is 2. The highest BCUT2D eigenvalue weighted by Crippen LogP contribution is 2.35. The van der Waals surface area contributed by atoms with Crippen molar-refractivity contribution in [3.8, 4) is 5.75 Å². The number of carbonyl (C=O) groups is 1. The molecule has 2 unspecified atom stereocenters. The van der Waals surface area contributed by atoms with Crippen LogP contribution in [-0.2, 0) is 11.0 Å². The number of ether oxygens (including phenoxy) is 1. The van der Waals surface area contributed by atoms with Crippen molar-refractivity contribution in [2.75, 3.05) is 19.7 Å². The monoisotopic (exact) mass is 344 g/mol. The van der Waals surface area contributed by atoms with Crippen LogP contribution in [0, 0.1) is 5.92 Å². The summed E-state index contributed by atoms with van der Waals surface area (Å²) in [5, 5.41) is 6.02. The molecule has 1 aliphatic rings. The number of hydrogen-bond acceptors (Lipinski definition) is 3. The molecule has 24 heavy (non-hydrogen) atoms. The van der Waals surface area contributed by atoms with Crippen LogP contribution in [-0.4, -0.2) is 31.6 Å². The summed E-state index contributed by atoms with van der Waals surface area (Å²) in [6.07, 6.45) is -2.13. The third kappa shape index (κ3) is 5.70. The number of benzene rings is 1. The van der Waals surface area contributed by atoms with Gasteiger partial charge < -0.3 is 15.4 Å². The van der Waals surface area contributed by atoms with E-state index in [1.165, 1.54) is 18.2 Å². The quantitative estimate of drug-likeness (QED) is 0.800. The predicted octanol–water partition coefficient (Wildman–Crippen LogP) is 2.98. The molecule has 0 aliphatic carbocycles. The zero-order valence-corrected chi connectivity index (χ0v) is 13.7. The maximum Gasteiger partial charge on any atom is 0.419 e. The van der Waals surface area contributed by atoms with E-state index < -0.39 is 11.7 Å². The van der Waals surface area contributed by atoms with Gasteiger partial charge in [-0.15, -0.1) is 0 Å². The number of alkyl halides is 3. The first kappa shape index (κ1) is 18.6. The molecule has 2 rings (SSSR count). The van der Waals surface area contributed by atoms with Crippen molar-refractivity contribution in [2.45, 2.75) is 38.4 Å². The highest BCUT2D eigenvalue weighted by atomic mass is 19.4. The Kier molecular flexibility index (Phi) is 6.48. The lowest BCUT2D eigenvalue weighted by atomic mass is 10.0. The molecule has 1 aromatic rings. The number of rotatable bonds is 7. The molecule has 2 N–H and O–H groups in total. The van der Waals surface area contributed by atoms with Gasteiger partial charge in [0, 0.05) is 6.42 Å². The molecule has 1 aromatic carbocycles. The highest BCUT2D eigenvalue weighted by Gasteiger charge is 2.34. The summed E-state index contributed by atoms with van der Waals surface area (Å²) in [5.74, 6) is 0.214. The summed E-state index contributed by atoms with van der Waals surface area (Å²) >= 11 is 0. The first-order valence-corrected chi connectivity index (χ1v) is 8.15. The molecule has 1 fully saturated rings. The molecule has 7 heteroatoms. The van der Waals surface area contributed by atoms with Crippen molar-refractivity contribution in [2.24, 2.45) is 5.92 Å². The van der Waals surface area contributed by atoms with E-state index >= 15 is 0 Å². The Morgan fingerprint density at radius 2 is 2.17 bits per heavy atom. The van der Waals surface area contributed by atoms with Crippen LogP contribution in [0.25, 0.3) is 0 Å². The number of hydrogen-bond donors (Lipinski definition) is 2. The van der Waals surface area contributed by atoms with Crippen LogP contribution in [0.15, 0.2) is 24.3 Å². The lowest BCUT2D eigenvalue weighted by Gasteiger charge is -2.18. The summed E-state index contributed by atoms with van der Waals surface area (Å²) in [6.45, 7) is 3.64. The number of halogens is 3. The summed E-state index contributed by atoms with van der Waals surface area (Å²) in [4.78, 5) is 11.9. The Hall–Kier alpha value is -1.76. The Balaban J connectivity index is 1.76. The van der Waals surface area contributed by atoms with Crippen molar-refractivity contribution in [1.29, 1.82) is 0 Å². The Bertz CT molecular complexity index is 543. The molecule has 1 heterocycles. The first-order chi connectivity index (χ1) is 11.4. The molecule has 1 amide bonds. The maximum absolute atomic E-state index is 12.9. The second kappa shape index (κ2) is 8.37. The van der Waals surface area contributed by atoms with Gasteiger partial charge in [0.25, 0.3) is 0 Å². The first-order valence-electron chi connectivity index (χ1n) is 8.15. The largest absolute Gasteiger partial charge is 0.491 e. The van der Waals surface area contributed by atoms with Crippen LogP contribution >= 0.6 is 0 Å². The van der Waals surface area contributed by atoms with E-state index in [2.05, 4.69) is 10.6 Å². The topological polar surface area (TPSA) is 50.4 Å². The lowest BCUT2D eigenvalue weighted by Crippen LogP contribution is -2.37. The van der Waals surface area contributed by atoms with Crippen LogP contribution in [0.2, 0.25) is 0 Å². The summed E-state index contributed by atoms with van der Waals surface area (Å²) < 4.78 is 43.9. The van der Waals surface area contributed by atoms with E-state index in [0.29, 0.717) is 12.3 Å². The van der Waals surface area contributed by atoms with E-state index in [0.717, 1.165) is 32.0 Å². The molecule has 0 aromatic heterocycles. The molecule has 1 saturated heterocycles. The molecular weight excluding hydrogens is 321 g/mol. The number of carbonyl (C=O) groups excluding carboxylic acids is 1. The molecule has 0 bridgehead atoms. The van der Waals surface area contributed by atoms with E-state index in [4.69, 9.17) is 4.74 Å². The van der Waals surface area contributed by atoms with Gasteiger partial charge in [-0.05, 0) is 50.9 Å². The van der Waals surface area contributed by atoms with Gasteiger partial charge in [0.1, 0.15) is 12.4 Å². The second-order valence-electron chi connectivity index (χ2n) is 6.17. The van der Waals surface area contributed by atoms with Crippen LogP contribution in [0.4, 0.5) is 13.2 Å². The van der Waals surface area contributed by atoms with Gasteiger partial charge in [-0.25, -0.2) is 0 Å². The SMILES string of the molecule is CC(COc1ccccc1C(F)(F)F)NC(=O)CCC1CCNC1. The van der Waals surface area contributed by atoms with Gasteiger partial charge in [-0.1, -0.05) is 12.1 Å². The fourth-order valence-electron chi connectivity index (χ4n) is 2.73. The van der Waals surface area contributed by atoms with Crippen LogP contribution in [0.3, 0.4) is 0 Å². The van der Waals surface area contributed by atoms with Crippen molar-refractivity contribution in [3.63, 3.8) is 0 Å². The second-order valence-corrected chi connectivity index (χ2v) is 6.17. The zero-order valence-electron chi connectivity index (χ0n) is 13.7. The summed E-state index contributed by atoms with van der Waals surface area (Å²) in [7, 11) is 0.